The maximum Gasteiger partial charge on any atom is 0.224 e. The molecule has 92 valence electrons. The van der Waals surface area contributed by atoms with E-state index in [0.29, 0.717) is 18.9 Å². The highest BCUT2D eigenvalue weighted by molar-refractivity contribution is 7.80. The zero-order valence-corrected chi connectivity index (χ0v) is 10.8. The second-order valence-electron chi connectivity index (χ2n) is 4.47. The highest BCUT2D eigenvalue weighted by Gasteiger charge is 2.15. The predicted molar refractivity (Wildman–Crippen MR) is 71.9 cm³/mol. The molecule has 2 rings (SSSR count). The van der Waals surface area contributed by atoms with Gasteiger partial charge in [0.1, 0.15) is 5.75 Å². The van der Waals surface area contributed by atoms with Crippen LogP contribution < -0.4 is 10.1 Å². The predicted octanol–water partition coefficient (Wildman–Crippen LogP) is 2.52. The molecule has 1 amide bonds. The number of nitrogens with one attached hydrogen (secondary N) is 1. The lowest BCUT2D eigenvalue weighted by atomic mass is 10.0. The van der Waals surface area contributed by atoms with Gasteiger partial charge in [-0.1, -0.05) is 6.92 Å². The summed E-state index contributed by atoms with van der Waals surface area (Å²) in [7, 11) is 0. The zero-order valence-electron chi connectivity index (χ0n) is 9.90. The van der Waals surface area contributed by atoms with E-state index < -0.39 is 0 Å². The van der Waals surface area contributed by atoms with Crippen LogP contribution in [0.3, 0.4) is 0 Å². The van der Waals surface area contributed by atoms with E-state index in [9.17, 15) is 4.79 Å². The molecule has 17 heavy (non-hydrogen) atoms. The van der Waals surface area contributed by atoms with Gasteiger partial charge in [-0.05, 0) is 41.9 Å². The third-order valence-electron chi connectivity index (χ3n) is 2.82. The molecular weight excluding hydrogens is 234 g/mol. The van der Waals surface area contributed by atoms with E-state index in [1.165, 1.54) is 0 Å². The second kappa shape index (κ2) is 5.45. The van der Waals surface area contributed by atoms with Crippen molar-refractivity contribution in [2.24, 2.45) is 5.92 Å². The summed E-state index contributed by atoms with van der Waals surface area (Å²) in [5.41, 5.74) is 2.07. The highest BCUT2D eigenvalue weighted by atomic mass is 32.1. The first-order valence-corrected chi connectivity index (χ1v) is 6.48. The minimum absolute atomic E-state index is 0.0925. The number of aryl methyl sites for hydroxylation is 1. The second-order valence-corrected chi connectivity index (χ2v) is 4.83. The lowest BCUT2D eigenvalue weighted by Gasteiger charge is -2.18. The number of fused-ring (bicyclic) bond motifs is 1. The molecule has 0 radical (unpaired) electrons. The van der Waals surface area contributed by atoms with Crippen molar-refractivity contribution in [3.63, 3.8) is 0 Å². The molecule has 0 aliphatic carbocycles. The van der Waals surface area contributed by atoms with E-state index >= 15 is 0 Å². The molecule has 4 heteroatoms. The summed E-state index contributed by atoms with van der Waals surface area (Å²) in [6, 6.07) is 5.82. The summed E-state index contributed by atoms with van der Waals surface area (Å²) < 4.78 is 5.69. The van der Waals surface area contributed by atoms with Crippen molar-refractivity contribution in [1.82, 2.24) is 0 Å². The molecular formula is C13H17NO2S. The van der Waals surface area contributed by atoms with Crippen LogP contribution in [-0.2, 0) is 11.2 Å². The molecule has 1 aliphatic rings. The van der Waals surface area contributed by atoms with Crippen molar-refractivity contribution >= 4 is 24.2 Å². The molecule has 1 atom stereocenters. The molecule has 1 aromatic carbocycles. The van der Waals surface area contributed by atoms with Gasteiger partial charge in [0.05, 0.1) is 6.61 Å². The molecule has 0 fully saturated rings. The minimum atomic E-state index is 0.0925. The minimum Gasteiger partial charge on any atom is -0.493 e. The molecule has 0 bridgehead atoms. The Bertz CT molecular complexity index is 420. The van der Waals surface area contributed by atoms with Gasteiger partial charge in [0.15, 0.2) is 0 Å². The van der Waals surface area contributed by atoms with E-state index in [1.807, 2.05) is 18.2 Å². The average Bonchev–Trinajstić information content (AvgIpc) is 2.35. The van der Waals surface area contributed by atoms with Gasteiger partial charge in [0.2, 0.25) is 5.91 Å². The van der Waals surface area contributed by atoms with Crippen molar-refractivity contribution in [2.75, 3.05) is 17.7 Å². The van der Waals surface area contributed by atoms with E-state index in [-0.39, 0.29) is 5.91 Å². The SMILES string of the molecule is CC(CS)COc1ccc2c(c1)CCC(=O)N2. The summed E-state index contributed by atoms with van der Waals surface area (Å²) in [6.45, 7) is 2.78. The third-order valence-corrected chi connectivity index (χ3v) is 3.44. The number of thiol groups is 1. The van der Waals surface area contributed by atoms with E-state index in [2.05, 4.69) is 24.9 Å². The van der Waals surface area contributed by atoms with Gasteiger partial charge < -0.3 is 10.1 Å². The lowest BCUT2D eigenvalue weighted by Crippen LogP contribution is -2.19. The number of anilines is 1. The van der Waals surface area contributed by atoms with Crippen LogP contribution in [0.15, 0.2) is 18.2 Å². The van der Waals surface area contributed by atoms with Gasteiger partial charge in [-0.2, -0.15) is 12.6 Å². The maximum atomic E-state index is 11.2. The van der Waals surface area contributed by atoms with Crippen LogP contribution in [-0.4, -0.2) is 18.3 Å². The highest BCUT2D eigenvalue weighted by Crippen LogP contribution is 2.26. The largest absolute Gasteiger partial charge is 0.493 e. The number of benzene rings is 1. The van der Waals surface area contributed by atoms with Crippen LogP contribution in [0.5, 0.6) is 5.75 Å². The van der Waals surface area contributed by atoms with E-state index in [0.717, 1.165) is 29.2 Å². The van der Waals surface area contributed by atoms with E-state index in [4.69, 9.17) is 4.74 Å². The Balaban J connectivity index is 2.04. The van der Waals surface area contributed by atoms with Crippen LogP contribution in [0.4, 0.5) is 5.69 Å². The number of hydrogen-bond acceptors (Lipinski definition) is 3. The first-order chi connectivity index (χ1) is 8.19. The standard InChI is InChI=1S/C13H17NO2S/c1-9(8-17)7-16-11-3-4-12-10(6-11)2-5-13(15)14-12/h3-4,6,9,17H,2,5,7-8H2,1H3,(H,14,15). The van der Waals surface area contributed by atoms with Gasteiger partial charge in [-0.15, -0.1) is 0 Å². The first kappa shape index (κ1) is 12.3. The molecule has 1 aliphatic heterocycles. The van der Waals surface area contributed by atoms with Gasteiger partial charge in [-0.3, -0.25) is 4.79 Å². The normalized spacial score (nSPS) is 16.0. The Hall–Kier alpha value is -1.16. The summed E-state index contributed by atoms with van der Waals surface area (Å²) in [4.78, 5) is 11.2. The fourth-order valence-electron chi connectivity index (χ4n) is 1.74. The number of rotatable bonds is 4. The van der Waals surface area contributed by atoms with Crippen LogP contribution in [0.2, 0.25) is 0 Å². The van der Waals surface area contributed by atoms with Crippen molar-refractivity contribution in [3.8, 4) is 5.75 Å². The molecule has 1 heterocycles. The van der Waals surface area contributed by atoms with Gasteiger partial charge in [0.25, 0.3) is 0 Å². The summed E-state index contributed by atoms with van der Waals surface area (Å²) >= 11 is 4.22. The average molecular weight is 251 g/mol. The summed E-state index contributed by atoms with van der Waals surface area (Å²) in [5.74, 6) is 2.22. The Morgan fingerprint density at radius 3 is 3.06 bits per heavy atom. The summed E-state index contributed by atoms with van der Waals surface area (Å²) in [6.07, 6.45) is 1.35. The number of carbonyl (C=O) groups excluding carboxylic acids is 1. The maximum absolute atomic E-state index is 11.2. The van der Waals surface area contributed by atoms with Crippen molar-refractivity contribution in [1.29, 1.82) is 0 Å². The smallest absolute Gasteiger partial charge is 0.224 e. The molecule has 1 unspecified atom stereocenters. The topological polar surface area (TPSA) is 38.3 Å². The van der Waals surface area contributed by atoms with Crippen LogP contribution in [0.25, 0.3) is 0 Å². The molecule has 1 N–H and O–H groups in total. The summed E-state index contributed by atoms with van der Waals surface area (Å²) in [5, 5.41) is 2.86. The Labute approximate surface area is 107 Å². The Kier molecular flexibility index (Phi) is 3.94. The van der Waals surface area contributed by atoms with E-state index in [1.54, 1.807) is 0 Å². The quantitative estimate of drug-likeness (QED) is 0.807. The Morgan fingerprint density at radius 2 is 2.29 bits per heavy atom. The van der Waals surface area contributed by atoms with Gasteiger partial charge in [0, 0.05) is 12.1 Å². The molecule has 0 aromatic heterocycles. The van der Waals surface area contributed by atoms with Gasteiger partial charge in [-0.25, -0.2) is 0 Å². The molecule has 3 nitrogen and oxygen atoms in total. The van der Waals surface area contributed by atoms with Crippen LogP contribution in [0, 0.1) is 5.92 Å². The van der Waals surface area contributed by atoms with Crippen LogP contribution >= 0.6 is 12.6 Å². The third kappa shape index (κ3) is 3.16. The molecule has 0 spiro atoms. The molecule has 0 saturated heterocycles. The fourth-order valence-corrected chi connectivity index (χ4v) is 1.85. The number of carbonyl (C=O) groups is 1. The van der Waals surface area contributed by atoms with Crippen molar-refractivity contribution < 1.29 is 9.53 Å². The van der Waals surface area contributed by atoms with Gasteiger partial charge >= 0.3 is 0 Å². The fraction of sp³-hybridized carbons (Fsp3) is 0.462. The monoisotopic (exact) mass is 251 g/mol. The molecule has 0 saturated carbocycles. The number of ether oxygens (including phenoxy) is 1. The Morgan fingerprint density at radius 1 is 1.47 bits per heavy atom. The molecule has 1 aromatic rings. The lowest BCUT2D eigenvalue weighted by molar-refractivity contribution is -0.116. The van der Waals surface area contributed by atoms with Crippen LogP contribution in [0.1, 0.15) is 18.9 Å². The van der Waals surface area contributed by atoms with Crippen molar-refractivity contribution in [3.05, 3.63) is 23.8 Å². The zero-order chi connectivity index (χ0) is 12.3. The first-order valence-electron chi connectivity index (χ1n) is 5.85. The van der Waals surface area contributed by atoms with Crippen molar-refractivity contribution in [2.45, 2.75) is 19.8 Å². The number of hydrogen-bond donors (Lipinski definition) is 2. The number of amides is 1.